The van der Waals surface area contributed by atoms with Gasteiger partial charge >= 0.3 is 0 Å². The van der Waals surface area contributed by atoms with Gasteiger partial charge in [-0.3, -0.25) is 4.79 Å². The predicted octanol–water partition coefficient (Wildman–Crippen LogP) is 3.11. The molecule has 4 heteroatoms. The maximum absolute atomic E-state index is 12.5. The van der Waals surface area contributed by atoms with Gasteiger partial charge in [-0.1, -0.05) is 18.2 Å². The van der Waals surface area contributed by atoms with Crippen molar-refractivity contribution in [2.45, 2.75) is 25.7 Å². The lowest BCUT2D eigenvalue weighted by Crippen LogP contribution is -2.27. The number of nitrogens with one attached hydrogen (secondary N) is 2. The Hall–Kier alpha value is -1.65. The highest BCUT2D eigenvalue weighted by molar-refractivity contribution is 7.10. The minimum atomic E-state index is 0.0525. The Morgan fingerprint density at radius 1 is 1.36 bits per heavy atom. The van der Waals surface area contributed by atoms with Crippen molar-refractivity contribution < 1.29 is 4.79 Å². The maximum Gasteiger partial charge on any atom is 0.251 e. The lowest BCUT2D eigenvalue weighted by atomic mass is 9.93. The van der Waals surface area contributed by atoms with Gasteiger partial charge in [0.25, 0.3) is 5.91 Å². The zero-order chi connectivity index (χ0) is 15.4. The van der Waals surface area contributed by atoms with Gasteiger partial charge in [0, 0.05) is 23.5 Å². The van der Waals surface area contributed by atoms with E-state index in [-0.39, 0.29) is 5.91 Å². The van der Waals surface area contributed by atoms with Crippen LogP contribution >= 0.6 is 11.3 Å². The van der Waals surface area contributed by atoms with Crippen LogP contribution in [-0.4, -0.2) is 25.5 Å². The number of carbonyl (C=O) groups is 1. The highest BCUT2D eigenvalue weighted by Crippen LogP contribution is 2.25. The Balaban J connectivity index is 1.63. The number of hydrogen-bond acceptors (Lipinski definition) is 3. The van der Waals surface area contributed by atoms with Crippen molar-refractivity contribution in [2.75, 3.05) is 19.6 Å². The van der Waals surface area contributed by atoms with Gasteiger partial charge in [-0.25, -0.2) is 0 Å². The van der Waals surface area contributed by atoms with Gasteiger partial charge in [0.1, 0.15) is 0 Å². The van der Waals surface area contributed by atoms with Crippen molar-refractivity contribution in [1.29, 1.82) is 0 Å². The molecule has 0 unspecified atom stereocenters. The number of rotatable bonds is 5. The molecule has 2 heterocycles. The second kappa shape index (κ2) is 7.07. The van der Waals surface area contributed by atoms with Gasteiger partial charge in [0.2, 0.25) is 0 Å². The van der Waals surface area contributed by atoms with Crippen LogP contribution in [0.15, 0.2) is 35.7 Å². The zero-order valence-corrected chi connectivity index (χ0v) is 13.7. The van der Waals surface area contributed by atoms with Gasteiger partial charge in [-0.15, -0.1) is 11.3 Å². The summed E-state index contributed by atoms with van der Waals surface area (Å²) in [4.78, 5) is 13.9. The summed E-state index contributed by atoms with van der Waals surface area (Å²) in [5.41, 5.74) is 3.33. The molecule has 0 aliphatic carbocycles. The van der Waals surface area contributed by atoms with Crippen molar-refractivity contribution in [3.05, 3.63) is 57.3 Å². The maximum atomic E-state index is 12.5. The molecule has 0 radical (unpaired) electrons. The second-order valence-electron chi connectivity index (χ2n) is 5.81. The van der Waals surface area contributed by atoms with Crippen LogP contribution in [0, 0.1) is 6.92 Å². The van der Waals surface area contributed by atoms with E-state index in [9.17, 15) is 4.79 Å². The first kappa shape index (κ1) is 15.3. The lowest BCUT2D eigenvalue weighted by molar-refractivity contribution is 0.0953. The topological polar surface area (TPSA) is 41.1 Å². The van der Waals surface area contributed by atoms with Gasteiger partial charge in [-0.05, 0) is 60.9 Å². The van der Waals surface area contributed by atoms with E-state index in [1.165, 1.54) is 16.0 Å². The quantitative estimate of drug-likeness (QED) is 0.890. The summed E-state index contributed by atoms with van der Waals surface area (Å²) in [5.74, 6) is 0.512. The molecule has 3 rings (SSSR count). The third-order valence-electron chi connectivity index (χ3n) is 4.31. The third kappa shape index (κ3) is 3.39. The molecule has 1 aromatic heterocycles. The first-order chi connectivity index (χ1) is 10.8. The monoisotopic (exact) mass is 314 g/mol. The highest BCUT2D eigenvalue weighted by atomic mass is 32.1. The summed E-state index contributed by atoms with van der Waals surface area (Å²) < 4.78 is 0. The number of thiophene rings is 1. The molecule has 1 saturated heterocycles. The van der Waals surface area contributed by atoms with Crippen LogP contribution < -0.4 is 10.6 Å². The van der Waals surface area contributed by atoms with Crippen LogP contribution in [0.3, 0.4) is 0 Å². The van der Waals surface area contributed by atoms with Crippen LogP contribution in [0.2, 0.25) is 0 Å². The summed E-state index contributed by atoms with van der Waals surface area (Å²) in [6.07, 6.45) is 2.01. The second-order valence-corrected chi connectivity index (χ2v) is 6.81. The largest absolute Gasteiger partial charge is 0.352 e. The Morgan fingerprint density at radius 3 is 2.95 bits per heavy atom. The van der Waals surface area contributed by atoms with E-state index in [1.807, 2.05) is 18.2 Å². The first-order valence-electron chi connectivity index (χ1n) is 7.86. The van der Waals surface area contributed by atoms with Crippen LogP contribution in [0.5, 0.6) is 0 Å². The molecule has 1 atom stereocenters. The van der Waals surface area contributed by atoms with Crippen LogP contribution in [-0.2, 0) is 6.42 Å². The van der Waals surface area contributed by atoms with Crippen LogP contribution in [0.1, 0.15) is 38.7 Å². The molecule has 1 fully saturated rings. The molecule has 2 aromatic rings. The number of amides is 1. The molecule has 1 aliphatic rings. The number of aryl methyl sites for hydroxylation is 1. The summed E-state index contributed by atoms with van der Waals surface area (Å²) in [7, 11) is 0. The first-order valence-corrected chi connectivity index (χ1v) is 8.74. The average molecular weight is 314 g/mol. The lowest BCUT2D eigenvalue weighted by Gasteiger charge is -2.14. The van der Waals surface area contributed by atoms with Crippen LogP contribution in [0.4, 0.5) is 0 Å². The smallest absolute Gasteiger partial charge is 0.251 e. The summed E-state index contributed by atoms with van der Waals surface area (Å²) in [5, 5.41) is 8.56. The van der Waals surface area contributed by atoms with E-state index in [0.29, 0.717) is 12.5 Å². The fourth-order valence-electron chi connectivity index (χ4n) is 3.02. The van der Waals surface area contributed by atoms with E-state index in [4.69, 9.17) is 0 Å². The Labute approximate surface area is 135 Å². The van der Waals surface area contributed by atoms with Crippen molar-refractivity contribution in [3.8, 4) is 0 Å². The predicted molar refractivity (Wildman–Crippen MR) is 91.8 cm³/mol. The van der Waals surface area contributed by atoms with Crippen molar-refractivity contribution >= 4 is 17.2 Å². The van der Waals surface area contributed by atoms with E-state index < -0.39 is 0 Å². The van der Waals surface area contributed by atoms with E-state index in [0.717, 1.165) is 31.5 Å². The molecule has 116 valence electrons. The molecule has 1 amide bonds. The Bertz CT molecular complexity index is 644. The summed E-state index contributed by atoms with van der Waals surface area (Å²) in [6, 6.07) is 10.1. The SMILES string of the molecule is Cc1ccsc1CCNC(=O)c1ccccc1[C@@H]1CCNC1. The molecule has 2 N–H and O–H groups in total. The van der Waals surface area contributed by atoms with E-state index >= 15 is 0 Å². The number of carbonyl (C=O) groups excluding carboxylic acids is 1. The van der Waals surface area contributed by atoms with E-state index in [1.54, 1.807) is 11.3 Å². The van der Waals surface area contributed by atoms with Gasteiger partial charge in [0.15, 0.2) is 0 Å². The minimum absolute atomic E-state index is 0.0525. The number of benzene rings is 1. The van der Waals surface area contributed by atoms with Crippen molar-refractivity contribution in [2.24, 2.45) is 0 Å². The standard InChI is InChI=1S/C18H22N2OS/c1-13-8-11-22-17(13)7-10-20-18(21)16-5-3-2-4-15(16)14-6-9-19-12-14/h2-5,8,11,14,19H,6-7,9-10,12H2,1H3,(H,20,21)/t14-/m1/s1. The van der Waals surface area contributed by atoms with Crippen molar-refractivity contribution in [3.63, 3.8) is 0 Å². The van der Waals surface area contributed by atoms with Gasteiger partial charge in [0.05, 0.1) is 0 Å². The fraction of sp³-hybridized carbons (Fsp3) is 0.389. The molecule has 0 bridgehead atoms. The molecule has 0 spiro atoms. The molecule has 3 nitrogen and oxygen atoms in total. The summed E-state index contributed by atoms with van der Waals surface area (Å²) >= 11 is 1.76. The van der Waals surface area contributed by atoms with Gasteiger partial charge < -0.3 is 10.6 Å². The molecule has 1 aromatic carbocycles. The highest BCUT2D eigenvalue weighted by Gasteiger charge is 2.21. The Morgan fingerprint density at radius 2 is 2.23 bits per heavy atom. The molecule has 1 aliphatic heterocycles. The normalized spacial score (nSPS) is 17.6. The zero-order valence-electron chi connectivity index (χ0n) is 12.9. The summed E-state index contributed by atoms with van der Waals surface area (Å²) in [6.45, 7) is 4.82. The Kier molecular flexibility index (Phi) is 4.90. The van der Waals surface area contributed by atoms with Crippen molar-refractivity contribution in [1.82, 2.24) is 10.6 Å². The fourth-order valence-corrected chi connectivity index (χ4v) is 3.94. The molecule has 22 heavy (non-hydrogen) atoms. The van der Waals surface area contributed by atoms with Gasteiger partial charge in [-0.2, -0.15) is 0 Å². The minimum Gasteiger partial charge on any atom is -0.352 e. The van der Waals surface area contributed by atoms with Crippen LogP contribution in [0.25, 0.3) is 0 Å². The third-order valence-corrected chi connectivity index (χ3v) is 5.39. The number of hydrogen-bond donors (Lipinski definition) is 2. The molecular formula is C18H22N2OS. The van der Waals surface area contributed by atoms with E-state index in [2.05, 4.69) is 35.1 Å². The molecular weight excluding hydrogens is 292 g/mol. The average Bonchev–Trinajstić information content (AvgIpc) is 3.19. The molecule has 0 saturated carbocycles.